The fraction of sp³-hybridized carbons (Fsp3) is 0.0769. The zero-order valence-corrected chi connectivity index (χ0v) is 14.0. The van der Waals surface area contributed by atoms with Crippen LogP contribution in [-0.2, 0) is 0 Å². The molecule has 0 bridgehead atoms. The van der Waals surface area contributed by atoms with Crippen LogP contribution in [0.5, 0.6) is 0 Å². The summed E-state index contributed by atoms with van der Waals surface area (Å²) in [7, 11) is 0. The lowest BCUT2D eigenvalue weighted by Crippen LogP contribution is -2.06. The molecule has 19 heavy (non-hydrogen) atoms. The largest absolute Gasteiger partial charge is 0.339 e. The van der Waals surface area contributed by atoms with Gasteiger partial charge in [-0.15, -0.1) is 0 Å². The maximum Gasteiger partial charge on any atom is 0.186 e. The first kappa shape index (κ1) is 13.3. The predicted molar refractivity (Wildman–Crippen MR) is 89.7 cm³/mol. The monoisotopic (exact) mass is 448 g/mol. The van der Waals surface area contributed by atoms with Gasteiger partial charge < -0.3 is 4.98 Å². The summed E-state index contributed by atoms with van der Waals surface area (Å²) >= 11 is 11.2. The van der Waals surface area contributed by atoms with E-state index in [1.165, 1.54) is 0 Å². The number of carbonyl (C=O) groups is 1. The zero-order chi connectivity index (χ0) is 13.6. The number of ketones is 1. The third kappa shape index (κ3) is 2.39. The Labute approximate surface area is 136 Å². The number of alkyl halides is 2. The lowest BCUT2D eigenvalue weighted by atomic mass is 10.1. The molecule has 0 aliphatic carbocycles. The first-order valence-electron chi connectivity index (χ1n) is 5.46. The highest BCUT2D eigenvalue weighted by atomic mass is 127. The summed E-state index contributed by atoms with van der Waals surface area (Å²) in [5, 5.41) is 2.39. The number of aromatic amines is 1. The van der Waals surface area contributed by atoms with Crippen molar-refractivity contribution in [1.29, 1.82) is 0 Å². The van der Waals surface area contributed by atoms with Crippen molar-refractivity contribution in [3.05, 3.63) is 41.0 Å². The Morgan fingerprint density at radius 3 is 2.84 bits per heavy atom. The average molecular weight is 449 g/mol. The van der Waals surface area contributed by atoms with Crippen LogP contribution in [0.3, 0.4) is 0 Å². The maximum absolute atomic E-state index is 12.0. The van der Waals surface area contributed by atoms with E-state index in [4.69, 9.17) is 11.6 Å². The number of H-pyrrole nitrogens is 1. The van der Waals surface area contributed by atoms with Crippen molar-refractivity contribution in [3.8, 4) is 0 Å². The Balaban J connectivity index is 2.27. The first-order chi connectivity index (χ1) is 9.06. The second kappa shape index (κ2) is 5.03. The quantitative estimate of drug-likeness (QED) is 0.267. The van der Waals surface area contributed by atoms with E-state index < -0.39 is 0 Å². The average Bonchev–Trinajstić information content (AvgIpc) is 2.73. The number of hydrogen-bond acceptors (Lipinski definition) is 2. The molecule has 6 heteroatoms. The van der Waals surface area contributed by atoms with Crippen LogP contribution in [-0.4, -0.2) is 18.6 Å². The fourth-order valence-corrected chi connectivity index (χ4v) is 2.80. The van der Waals surface area contributed by atoms with Gasteiger partial charge in [0.15, 0.2) is 5.78 Å². The normalized spacial score (nSPS) is 13.0. The number of aromatic nitrogens is 2. The molecule has 0 radical (unpaired) electrons. The molecular formula is C13H7BrClIN2O. The van der Waals surface area contributed by atoms with Gasteiger partial charge in [0.05, 0.1) is 0 Å². The molecule has 1 atom stereocenters. The van der Waals surface area contributed by atoms with E-state index in [1.54, 1.807) is 6.07 Å². The number of Topliss-reactive ketones (excluding diaryl/α,β-unsaturated/α-hetero) is 1. The summed E-state index contributed by atoms with van der Waals surface area (Å²) in [6, 6.07) is 9.25. The van der Waals surface area contributed by atoms with Crippen LogP contribution in [0.1, 0.15) is 10.4 Å². The van der Waals surface area contributed by atoms with E-state index in [1.807, 2.05) is 46.9 Å². The Kier molecular flexibility index (Phi) is 3.53. The number of nitrogens with one attached hydrogen (secondary N) is 1. The highest BCUT2D eigenvalue weighted by Gasteiger charge is 2.15. The van der Waals surface area contributed by atoms with E-state index in [0.717, 1.165) is 21.9 Å². The van der Waals surface area contributed by atoms with Gasteiger partial charge in [-0.3, -0.25) is 4.79 Å². The Morgan fingerprint density at radius 2 is 2.11 bits per heavy atom. The van der Waals surface area contributed by atoms with E-state index >= 15 is 0 Å². The lowest BCUT2D eigenvalue weighted by molar-refractivity contribution is 0.101. The van der Waals surface area contributed by atoms with Crippen molar-refractivity contribution in [3.63, 3.8) is 0 Å². The third-order valence-corrected chi connectivity index (χ3v) is 4.10. The van der Waals surface area contributed by atoms with Gasteiger partial charge in [-0.1, -0.05) is 50.1 Å². The van der Waals surface area contributed by atoms with Crippen LogP contribution in [0.25, 0.3) is 21.9 Å². The number of nitrogens with zero attached hydrogens (tertiary/aromatic N) is 1. The van der Waals surface area contributed by atoms with Crippen molar-refractivity contribution >= 4 is 77.8 Å². The maximum atomic E-state index is 12.0. The fourth-order valence-electron chi connectivity index (χ4n) is 2.03. The standard InChI is InChI=1S/C13H7BrClIN2O/c14-12(16)11(19)6-1-3-9-8(5-6)7-2-4-10(15)18-13(7)17-9/h1-5,12H,(H,17,18). The van der Waals surface area contributed by atoms with Crippen molar-refractivity contribution in [2.45, 2.75) is 2.83 Å². The van der Waals surface area contributed by atoms with Gasteiger partial charge in [-0.2, -0.15) is 0 Å². The van der Waals surface area contributed by atoms with Crippen LogP contribution in [0.15, 0.2) is 30.3 Å². The molecule has 1 unspecified atom stereocenters. The smallest absolute Gasteiger partial charge is 0.186 e. The van der Waals surface area contributed by atoms with Gasteiger partial charge in [-0.25, -0.2) is 4.98 Å². The molecular weight excluding hydrogens is 442 g/mol. The first-order valence-corrected chi connectivity index (χ1v) is 8.00. The molecule has 0 saturated heterocycles. The summed E-state index contributed by atoms with van der Waals surface area (Å²) in [6.45, 7) is 0. The molecule has 3 rings (SSSR count). The van der Waals surface area contributed by atoms with Crippen molar-refractivity contribution in [2.75, 3.05) is 0 Å². The number of hydrogen-bond donors (Lipinski definition) is 1. The number of rotatable bonds is 2. The molecule has 3 nitrogen and oxygen atoms in total. The molecule has 0 aliphatic rings. The molecule has 96 valence electrons. The summed E-state index contributed by atoms with van der Waals surface area (Å²) in [6.07, 6.45) is 0. The molecule has 2 heterocycles. The summed E-state index contributed by atoms with van der Waals surface area (Å²) < 4.78 is -0.222. The highest BCUT2D eigenvalue weighted by Crippen LogP contribution is 2.27. The van der Waals surface area contributed by atoms with Gasteiger partial charge in [-0.05, 0) is 30.3 Å². The minimum atomic E-state index is -0.222. The Bertz CT molecular complexity index is 800. The molecule has 0 saturated carbocycles. The SMILES string of the molecule is O=C(c1ccc2[nH]c3nc(Cl)ccc3c2c1)C(Br)I. The Morgan fingerprint density at radius 1 is 1.32 bits per heavy atom. The van der Waals surface area contributed by atoms with E-state index in [2.05, 4.69) is 25.9 Å². The summed E-state index contributed by atoms with van der Waals surface area (Å²) in [5.41, 5.74) is 2.36. The molecule has 0 aliphatic heterocycles. The predicted octanol–water partition coefficient (Wildman–Crippen LogP) is 4.71. The minimum absolute atomic E-state index is 0.0544. The van der Waals surface area contributed by atoms with Gasteiger partial charge in [0.1, 0.15) is 13.6 Å². The second-order valence-corrected chi connectivity index (χ2v) is 8.34. The number of benzene rings is 1. The molecule has 1 N–H and O–H groups in total. The van der Waals surface area contributed by atoms with Crippen LogP contribution in [0.4, 0.5) is 0 Å². The number of fused-ring (bicyclic) bond motifs is 3. The highest BCUT2D eigenvalue weighted by molar-refractivity contribution is 14.1. The van der Waals surface area contributed by atoms with Crippen molar-refractivity contribution in [1.82, 2.24) is 9.97 Å². The molecule has 0 fully saturated rings. The molecule has 1 aromatic carbocycles. The van der Waals surface area contributed by atoms with E-state index in [-0.39, 0.29) is 8.62 Å². The van der Waals surface area contributed by atoms with Crippen molar-refractivity contribution < 1.29 is 4.79 Å². The van der Waals surface area contributed by atoms with Crippen molar-refractivity contribution in [2.24, 2.45) is 0 Å². The molecule has 3 aromatic rings. The van der Waals surface area contributed by atoms with Crippen LogP contribution in [0.2, 0.25) is 5.15 Å². The summed E-state index contributed by atoms with van der Waals surface area (Å²) in [5.74, 6) is 0.0544. The topological polar surface area (TPSA) is 45.8 Å². The van der Waals surface area contributed by atoms with Gasteiger partial charge >= 0.3 is 0 Å². The second-order valence-electron chi connectivity index (χ2n) is 4.08. The number of halogens is 3. The molecule has 0 spiro atoms. The van der Waals surface area contributed by atoms with E-state index in [9.17, 15) is 4.79 Å². The van der Waals surface area contributed by atoms with Crippen LogP contribution < -0.4 is 0 Å². The van der Waals surface area contributed by atoms with Crippen LogP contribution >= 0.6 is 50.1 Å². The van der Waals surface area contributed by atoms with Gasteiger partial charge in [0.2, 0.25) is 0 Å². The Hall–Kier alpha value is -0.660. The number of carbonyl (C=O) groups excluding carboxylic acids is 1. The van der Waals surface area contributed by atoms with E-state index in [0.29, 0.717) is 10.7 Å². The third-order valence-electron chi connectivity index (χ3n) is 2.91. The minimum Gasteiger partial charge on any atom is -0.339 e. The number of pyridine rings is 1. The molecule has 0 amide bonds. The van der Waals surface area contributed by atoms with Gasteiger partial charge in [0.25, 0.3) is 0 Å². The van der Waals surface area contributed by atoms with Crippen LogP contribution in [0, 0.1) is 0 Å². The summed E-state index contributed by atoms with van der Waals surface area (Å²) in [4.78, 5) is 19.4. The molecule has 2 aromatic heterocycles. The van der Waals surface area contributed by atoms with Gasteiger partial charge in [0, 0.05) is 21.9 Å². The zero-order valence-electron chi connectivity index (χ0n) is 9.45. The lowest BCUT2D eigenvalue weighted by Gasteiger charge is -2.01.